The third-order valence-electron chi connectivity index (χ3n) is 4.08. The molecule has 1 aliphatic carbocycles. The average molecular weight is 270 g/mol. The third-order valence-corrected chi connectivity index (χ3v) is 4.08. The van der Waals surface area contributed by atoms with Crippen LogP contribution in [0.3, 0.4) is 0 Å². The summed E-state index contributed by atoms with van der Waals surface area (Å²) in [6, 6.07) is 0. The zero-order chi connectivity index (χ0) is 13.5. The highest BCUT2D eigenvalue weighted by Gasteiger charge is 2.36. The van der Waals surface area contributed by atoms with Crippen molar-refractivity contribution in [1.29, 1.82) is 0 Å². The molecule has 1 unspecified atom stereocenters. The molecule has 1 saturated heterocycles. The molecule has 110 valence electrons. The Kier molecular flexibility index (Phi) is 6.07. The molecule has 0 aromatic rings. The Morgan fingerprint density at radius 1 is 1.26 bits per heavy atom. The summed E-state index contributed by atoms with van der Waals surface area (Å²) in [5, 5.41) is 3.38. The monoisotopic (exact) mass is 270 g/mol. The Morgan fingerprint density at radius 2 is 2.05 bits per heavy atom. The lowest BCUT2D eigenvalue weighted by molar-refractivity contribution is -0.128. The Bertz CT molecular complexity index is 280. The molecule has 5 nitrogen and oxygen atoms in total. The molecular weight excluding hydrogens is 244 g/mol. The highest BCUT2D eigenvalue weighted by Crippen LogP contribution is 2.30. The van der Waals surface area contributed by atoms with Gasteiger partial charge in [0.2, 0.25) is 5.91 Å². The van der Waals surface area contributed by atoms with Gasteiger partial charge in [0.15, 0.2) is 0 Å². The second-order valence-electron chi connectivity index (χ2n) is 5.42. The maximum atomic E-state index is 11.9. The van der Waals surface area contributed by atoms with Gasteiger partial charge in [-0.2, -0.15) is 0 Å². The molecule has 2 fully saturated rings. The van der Waals surface area contributed by atoms with Crippen LogP contribution in [0.4, 0.5) is 0 Å². The van der Waals surface area contributed by atoms with Crippen LogP contribution in [0.1, 0.15) is 32.1 Å². The summed E-state index contributed by atoms with van der Waals surface area (Å²) in [6.45, 7) is 3.28. The van der Waals surface area contributed by atoms with Crippen molar-refractivity contribution in [3.8, 4) is 0 Å². The van der Waals surface area contributed by atoms with Gasteiger partial charge < -0.3 is 14.4 Å². The SMILES string of the molecule is COCCOCCCN1C(=O)CNC1C1CCCC1. The quantitative estimate of drug-likeness (QED) is 0.668. The van der Waals surface area contributed by atoms with Gasteiger partial charge in [-0.05, 0) is 25.2 Å². The number of carbonyl (C=O) groups is 1. The maximum Gasteiger partial charge on any atom is 0.237 e. The van der Waals surface area contributed by atoms with Crippen LogP contribution in [0.15, 0.2) is 0 Å². The summed E-state index contributed by atoms with van der Waals surface area (Å²) in [5.41, 5.74) is 0. The number of hydrogen-bond donors (Lipinski definition) is 1. The number of amides is 1. The third kappa shape index (κ3) is 4.16. The first-order valence-electron chi connectivity index (χ1n) is 7.42. The van der Waals surface area contributed by atoms with Crippen LogP contribution in [0.25, 0.3) is 0 Å². The first-order chi connectivity index (χ1) is 9.33. The molecule has 0 spiro atoms. The van der Waals surface area contributed by atoms with Crippen LogP contribution >= 0.6 is 0 Å². The second-order valence-corrected chi connectivity index (χ2v) is 5.42. The molecule has 1 saturated carbocycles. The number of rotatable bonds is 8. The van der Waals surface area contributed by atoms with Gasteiger partial charge in [-0.1, -0.05) is 12.8 Å². The van der Waals surface area contributed by atoms with Gasteiger partial charge in [0.1, 0.15) is 0 Å². The van der Waals surface area contributed by atoms with E-state index in [0.29, 0.717) is 32.3 Å². The number of hydrogen-bond acceptors (Lipinski definition) is 4. The predicted molar refractivity (Wildman–Crippen MR) is 72.8 cm³/mol. The van der Waals surface area contributed by atoms with Gasteiger partial charge in [0.05, 0.1) is 25.9 Å². The summed E-state index contributed by atoms with van der Waals surface area (Å²) < 4.78 is 10.4. The zero-order valence-corrected chi connectivity index (χ0v) is 11.9. The van der Waals surface area contributed by atoms with E-state index in [9.17, 15) is 4.79 Å². The molecule has 1 aliphatic heterocycles. The molecule has 19 heavy (non-hydrogen) atoms. The molecule has 1 heterocycles. The smallest absolute Gasteiger partial charge is 0.237 e. The van der Waals surface area contributed by atoms with Gasteiger partial charge in [0, 0.05) is 20.3 Å². The van der Waals surface area contributed by atoms with Crippen LogP contribution in [0, 0.1) is 5.92 Å². The fourth-order valence-corrected chi connectivity index (χ4v) is 3.10. The topological polar surface area (TPSA) is 50.8 Å². The molecule has 0 radical (unpaired) electrons. The predicted octanol–water partition coefficient (Wildman–Crippen LogP) is 0.988. The molecule has 5 heteroatoms. The van der Waals surface area contributed by atoms with Gasteiger partial charge in [-0.15, -0.1) is 0 Å². The van der Waals surface area contributed by atoms with Crippen molar-refractivity contribution >= 4 is 5.91 Å². The molecule has 0 aromatic heterocycles. The van der Waals surface area contributed by atoms with Crippen molar-refractivity contribution in [2.75, 3.05) is 40.0 Å². The van der Waals surface area contributed by atoms with Crippen LogP contribution in [0.5, 0.6) is 0 Å². The lowest BCUT2D eigenvalue weighted by Gasteiger charge is -2.29. The van der Waals surface area contributed by atoms with E-state index >= 15 is 0 Å². The largest absolute Gasteiger partial charge is 0.382 e. The summed E-state index contributed by atoms with van der Waals surface area (Å²) in [6.07, 6.45) is 6.31. The average Bonchev–Trinajstić information content (AvgIpc) is 3.04. The molecule has 0 aromatic carbocycles. The van der Waals surface area contributed by atoms with Gasteiger partial charge in [0.25, 0.3) is 0 Å². The summed E-state index contributed by atoms with van der Waals surface area (Å²) in [4.78, 5) is 13.9. The number of carbonyl (C=O) groups excluding carboxylic acids is 1. The van der Waals surface area contributed by atoms with E-state index in [0.717, 1.165) is 13.0 Å². The Hall–Kier alpha value is -0.650. The normalized spacial score (nSPS) is 24.6. The highest BCUT2D eigenvalue weighted by molar-refractivity contribution is 5.80. The number of methoxy groups -OCH3 is 1. The minimum atomic E-state index is 0.244. The molecule has 2 aliphatic rings. The summed E-state index contributed by atoms with van der Waals surface area (Å²) >= 11 is 0. The lowest BCUT2D eigenvalue weighted by atomic mass is 10.0. The highest BCUT2D eigenvalue weighted by atomic mass is 16.5. The van der Waals surface area contributed by atoms with Crippen LogP contribution in [0.2, 0.25) is 0 Å². The van der Waals surface area contributed by atoms with E-state index in [1.54, 1.807) is 7.11 Å². The summed E-state index contributed by atoms with van der Waals surface area (Å²) in [7, 11) is 1.67. The Morgan fingerprint density at radius 3 is 2.79 bits per heavy atom. The summed E-state index contributed by atoms with van der Waals surface area (Å²) in [5.74, 6) is 0.898. The lowest BCUT2D eigenvalue weighted by Crippen LogP contribution is -2.43. The van der Waals surface area contributed by atoms with E-state index < -0.39 is 0 Å². The number of nitrogens with one attached hydrogen (secondary N) is 1. The first-order valence-corrected chi connectivity index (χ1v) is 7.42. The van der Waals surface area contributed by atoms with E-state index in [1.165, 1.54) is 25.7 Å². The molecular formula is C14H26N2O3. The van der Waals surface area contributed by atoms with Gasteiger partial charge >= 0.3 is 0 Å². The standard InChI is InChI=1S/C14H26N2O3/c1-18-9-10-19-8-4-7-16-13(17)11-15-14(16)12-5-2-3-6-12/h12,14-15H,2-11H2,1H3. The number of nitrogens with zero attached hydrogens (tertiary/aromatic N) is 1. The van der Waals surface area contributed by atoms with Crippen LogP contribution in [-0.4, -0.2) is 57.0 Å². The van der Waals surface area contributed by atoms with E-state index in [2.05, 4.69) is 5.32 Å². The molecule has 0 bridgehead atoms. The van der Waals surface area contributed by atoms with Gasteiger partial charge in [-0.25, -0.2) is 0 Å². The van der Waals surface area contributed by atoms with Crippen molar-refractivity contribution in [3.05, 3.63) is 0 Å². The van der Waals surface area contributed by atoms with Crippen molar-refractivity contribution in [3.63, 3.8) is 0 Å². The minimum Gasteiger partial charge on any atom is -0.382 e. The first kappa shape index (κ1) is 14.8. The van der Waals surface area contributed by atoms with Gasteiger partial charge in [-0.3, -0.25) is 10.1 Å². The second kappa shape index (κ2) is 7.82. The molecule has 2 rings (SSSR count). The van der Waals surface area contributed by atoms with E-state index in [-0.39, 0.29) is 12.1 Å². The van der Waals surface area contributed by atoms with Crippen molar-refractivity contribution < 1.29 is 14.3 Å². The molecule has 1 atom stereocenters. The number of ether oxygens (including phenoxy) is 2. The maximum absolute atomic E-state index is 11.9. The Balaban J connectivity index is 1.68. The Labute approximate surface area is 115 Å². The molecule has 1 amide bonds. The van der Waals surface area contributed by atoms with E-state index in [1.807, 2.05) is 4.90 Å². The van der Waals surface area contributed by atoms with Crippen LogP contribution < -0.4 is 5.32 Å². The fourth-order valence-electron chi connectivity index (χ4n) is 3.10. The zero-order valence-electron chi connectivity index (χ0n) is 11.9. The van der Waals surface area contributed by atoms with Crippen molar-refractivity contribution in [2.24, 2.45) is 5.92 Å². The molecule has 1 N–H and O–H groups in total. The van der Waals surface area contributed by atoms with Crippen molar-refractivity contribution in [2.45, 2.75) is 38.3 Å². The van der Waals surface area contributed by atoms with Crippen LogP contribution in [-0.2, 0) is 14.3 Å². The fraction of sp³-hybridized carbons (Fsp3) is 0.929. The van der Waals surface area contributed by atoms with E-state index in [4.69, 9.17) is 9.47 Å². The minimum absolute atomic E-state index is 0.244. The van der Waals surface area contributed by atoms with Crippen molar-refractivity contribution in [1.82, 2.24) is 10.2 Å².